The van der Waals surface area contributed by atoms with Gasteiger partial charge in [0.2, 0.25) is 5.95 Å². The smallest absolute Gasteiger partial charge is 0.251 e. The third-order valence-electron chi connectivity index (χ3n) is 5.91. The first-order valence-electron chi connectivity index (χ1n) is 10.3. The molecule has 0 spiro atoms. The minimum atomic E-state index is -2.60. The van der Waals surface area contributed by atoms with E-state index in [1.807, 2.05) is 17.0 Å². The number of anilines is 2. The molecule has 4 rings (SSSR count). The number of methoxy groups -OCH3 is 2. The second-order valence-electron chi connectivity index (χ2n) is 7.92. The van der Waals surface area contributed by atoms with Crippen molar-refractivity contribution in [2.45, 2.75) is 56.9 Å². The molecule has 1 aliphatic heterocycles. The van der Waals surface area contributed by atoms with Gasteiger partial charge in [-0.3, -0.25) is 0 Å². The summed E-state index contributed by atoms with van der Waals surface area (Å²) < 4.78 is 38.1. The highest BCUT2D eigenvalue weighted by Gasteiger charge is 2.35. The Morgan fingerprint density at radius 1 is 1.00 bits per heavy atom. The molecule has 0 unspecified atom stereocenters. The topological polar surface area (TPSA) is 59.5 Å². The van der Waals surface area contributed by atoms with Crippen LogP contribution in [0.4, 0.5) is 20.5 Å². The molecule has 1 saturated carbocycles. The predicted octanol–water partition coefficient (Wildman–Crippen LogP) is 4.63. The van der Waals surface area contributed by atoms with Crippen molar-refractivity contribution in [1.82, 2.24) is 9.97 Å². The molecule has 0 amide bonds. The van der Waals surface area contributed by atoms with Crippen molar-refractivity contribution in [3.8, 4) is 11.5 Å². The summed E-state index contributed by atoms with van der Waals surface area (Å²) in [7, 11) is 3.18. The van der Waals surface area contributed by atoms with Crippen molar-refractivity contribution in [1.29, 1.82) is 0 Å². The number of nitrogens with one attached hydrogen (secondary N) is 1. The predicted molar refractivity (Wildman–Crippen MR) is 110 cm³/mol. The van der Waals surface area contributed by atoms with Gasteiger partial charge in [0.05, 0.1) is 19.7 Å². The molecule has 1 saturated heterocycles. The number of aromatic nitrogens is 2. The maximum Gasteiger partial charge on any atom is 0.251 e. The van der Waals surface area contributed by atoms with Crippen molar-refractivity contribution < 1.29 is 18.3 Å². The summed E-state index contributed by atoms with van der Waals surface area (Å²) in [5.74, 6) is -0.194. The SMILES string of the molecule is COc1cc2nc(N3CCC(F)(F)CC3)nc(NC3CCCCC3)c2cc1OC. The Morgan fingerprint density at radius 3 is 2.31 bits per heavy atom. The van der Waals surface area contributed by atoms with Crippen LogP contribution in [-0.4, -0.2) is 49.2 Å². The number of halogens is 2. The summed E-state index contributed by atoms with van der Waals surface area (Å²) in [4.78, 5) is 11.3. The molecule has 8 heteroatoms. The fourth-order valence-corrected chi connectivity index (χ4v) is 4.17. The fraction of sp³-hybridized carbons (Fsp3) is 0.619. The highest BCUT2D eigenvalue weighted by atomic mass is 19.3. The second-order valence-corrected chi connectivity index (χ2v) is 7.92. The zero-order valence-corrected chi connectivity index (χ0v) is 17.0. The summed E-state index contributed by atoms with van der Waals surface area (Å²) >= 11 is 0. The van der Waals surface area contributed by atoms with Crippen LogP contribution in [0.15, 0.2) is 12.1 Å². The first-order valence-corrected chi connectivity index (χ1v) is 10.3. The van der Waals surface area contributed by atoms with E-state index in [9.17, 15) is 8.78 Å². The lowest BCUT2D eigenvalue weighted by Crippen LogP contribution is -2.40. The molecule has 2 fully saturated rings. The van der Waals surface area contributed by atoms with Crippen LogP contribution in [0.3, 0.4) is 0 Å². The Labute approximate surface area is 169 Å². The van der Waals surface area contributed by atoms with E-state index in [-0.39, 0.29) is 25.9 Å². The van der Waals surface area contributed by atoms with Gasteiger partial charge in [-0.25, -0.2) is 13.8 Å². The van der Waals surface area contributed by atoms with Gasteiger partial charge in [0.1, 0.15) is 5.82 Å². The van der Waals surface area contributed by atoms with Crippen LogP contribution in [0.1, 0.15) is 44.9 Å². The van der Waals surface area contributed by atoms with Gasteiger partial charge in [0, 0.05) is 43.4 Å². The van der Waals surface area contributed by atoms with E-state index < -0.39 is 5.92 Å². The van der Waals surface area contributed by atoms with Gasteiger partial charge in [-0.15, -0.1) is 0 Å². The van der Waals surface area contributed by atoms with Gasteiger partial charge in [0.25, 0.3) is 5.92 Å². The molecule has 0 bridgehead atoms. The average Bonchev–Trinajstić information content (AvgIpc) is 2.73. The molecule has 158 valence electrons. The van der Waals surface area contributed by atoms with E-state index in [0.717, 1.165) is 24.0 Å². The van der Waals surface area contributed by atoms with Crippen molar-refractivity contribution in [3.63, 3.8) is 0 Å². The molecule has 29 heavy (non-hydrogen) atoms. The number of hydrogen-bond donors (Lipinski definition) is 1. The summed E-state index contributed by atoms with van der Waals surface area (Å²) in [5.41, 5.74) is 0.711. The van der Waals surface area contributed by atoms with E-state index in [0.29, 0.717) is 29.0 Å². The minimum Gasteiger partial charge on any atom is -0.493 e. The molecule has 1 aromatic heterocycles. The summed E-state index contributed by atoms with van der Waals surface area (Å²) in [5, 5.41) is 4.43. The lowest BCUT2D eigenvalue weighted by Gasteiger charge is -2.32. The second kappa shape index (κ2) is 8.16. The Morgan fingerprint density at radius 2 is 1.66 bits per heavy atom. The van der Waals surface area contributed by atoms with E-state index in [1.165, 1.54) is 19.3 Å². The van der Waals surface area contributed by atoms with Crippen molar-refractivity contribution in [2.24, 2.45) is 0 Å². The molecule has 2 heterocycles. The van der Waals surface area contributed by atoms with Gasteiger partial charge < -0.3 is 19.7 Å². The number of benzene rings is 1. The van der Waals surface area contributed by atoms with Gasteiger partial charge in [0.15, 0.2) is 11.5 Å². The molecular formula is C21H28F2N4O2. The Kier molecular flexibility index (Phi) is 5.61. The Balaban J connectivity index is 1.74. The first-order chi connectivity index (χ1) is 14.0. The maximum atomic E-state index is 13.6. The zero-order valence-electron chi connectivity index (χ0n) is 17.0. The summed E-state index contributed by atoms with van der Waals surface area (Å²) in [6, 6.07) is 4.06. The minimum absolute atomic E-state index is 0.175. The molecule has 2 aliphatic rings. The van der Waals surface area contributed by atoms with Crippen molar-refractivity contribution >= 4 is 22.7 Å². The van der Waals surface area contributed by atoms with E-state index >= 15 is 0 Å². The molecule has 1 aromatic carbocycles. The number of alkyl halides is 2. The largest absolute Gasteiger partial charge is 0.493 e. The fourth-order valence-electron chi connectivity index (χ4n) is 4.17. The third kappa shape index (κ3) is 4.31. The molecule has 0 atom stereocenters. The summed E-state index contributed by atoms with van der Waals surface area (Å²) in [6.07, 6.45) is 5.52. The van der Waals surface area contributed by atoms with Gasteiger partial charge >= 0.3 is 0 Å². The highest BCUT2D eigenvalue weighted by molar-refractivity contribution is 5.93. The normalized spacial score (nSPS) is 19.9. The molecule has 6 nitrogen and oxygen atoms in total. The molecule has 2 aromatic rings. The van der Waals surface area contributed by atoms with Crippen molar-refractivity contribution in [2.75, 3.05) is 37.5 Å². The lowest BCUT2D eigenvalue weighted by atomic mass is 9.95. The quantitative estimate of drug-likeness (QED) is 0.781. The monoisotopic (exact) mass is 406 g/mol. The third-order valence-corrected chi connectivity index (χ3v) is 5.91. The molecule has 0 radical (unpaired) electrons. The molecule has 1 N–H and O–H groups in total. The van der Waals surface area contributed by atoms with Gasteiger partial charge in [-0.1, -0.05) is 19.3 Å². The van der Waals surface area contributed by atoms with E-state index in [1.54, 1.807) is 14.2 Å². The van der Waals surface area contributed by atoms with Gasteiger partial charge in [-0.2, -0.15) is 4.98 Å². The van der Waals surface area contributed by atoms with Crippen LogP contribution >= 0.6 is 0 Å². The standard InChI is InChI=1S/C21H28F2N4O2/c1-28-17-12-15-16(13-18(17)29-2)25-20(27-10-8-21(22,23)9-11-27)26-19(15)24-14-6-4-3-5-7-14/h12-14H,3-11H2,1-2H3,(H,24,25,26). The van der Waals surface area contributed by atoms with Crippen LogP contribution < -0.4 is 19.7 Å². The Bertz CT molecular complexity index is 861. The zero-order chi connectivity index (χ0) is 20.4. The average molecular weight is 406 g/mol. The number of ether oxygens (including phenoxy) is 2. The maximum absolute atomic E-state index is 13.6. The number of nitrogens with zero attached hydrogens (tertiary/aromatic N) is 3. The number of hydrogen-bond acceptors (Lipinski definition) is 6. The molecular weight excluding hydrogens is 378 g/mol. The highest BCUT2D eigenvalue weighted by Crippen LogP contribution is 2.37. The summed E-state index contributed by atoms with van der Waals surface area (Å²) in [6.45, 7) is 0.489. The number of rotatable bonds is 5. The lowest BCUT2D eigenvalue weighted by molar-refractivity contribution is -0.0222. The van der Waals surface area contributed by atoms with Crippen molar-refractivity contribution in [3.05, 3.63) is 12.1 Å². The number of fused-ring (bicyclic) bond motifs is 1. The van der Waals surface area contributed by atoms with Gasteiger partial charge in [-0.05, 0) is 18.9 Å². The van der Waals surface area contributed by atoms with Crippen LogP contribution in [0.2, 0.25) is 0 Å². The van der Waals surface area contributed by atoms with Crippen LogP contribution in [0, 0.1) is 0 Å². The first kappa shape index (κ1) is 19.9. The molecule has 1 aliphatic carbocycles. The van der Waals surface area contributed by atoms with Crippen LogP contribution in [0.25, 0.3) is 10.9 Å². The van der Waals surface area contributed by atoms with Crippen LogP contribution in [-0.2, 0) is 0 Å². The Hall–Kier alpha value is -2.38. The number of piperidine rings is 1. The van der Waals surface area contributed by atoms with E-state index in [4.69, 9.17) is 14.5 Å². The van der Waals surface area contributed by atoms with Crippen LogP contribution in [0.5, 0.6) is 11.5 Å². The van der Waals surface area contributed by atoms with E-state index in [2.05, 4.69) is 10.3 Å².